The summed E-state index contributed by atoms with van der Waals surface area (Å²) in [5.74, 6) is 0. The Hall–Kier alpha value is -0.610. The first-order chi connectivity index (χ1) is 7.63. The molecule has 0 saturated carbocycles. The van der Waals surface area contributed by atoms with Gasteiger partial charge in [0, 0.05) is 13.0 Å². The number of halogens is 2. The van der Waals surface area contributed by atoms with E-state index < -0.39 is 6.17 Å². The lowest BCUT2D eigenvalue weighted by atomic mass is 10.1. The third-order valence-electron chi connectivity index (χ3n) is 2.59. The predicted octanol–water partition coefficient (Wildman–Crippen LogP) is 2.35. The van der Waals surface area contributed by atoms with Crippen molar-refractivity contribution in [1.29, 1.82) is 0 Å². The maximum Gasteiger partial charge on any atom is 0.107 e. The lowest BCUT2D eigenvalue weighted by Crippen LogP contribution is -2.14. The molecular formula is C11H19ClFN3. The van der Waals surface area contributed by atoms with Crippen molar-refractivity contribution in [3.05, 3.63) is 16.4 Å². The second kappa shape index (κ2) is 6.21. The van der Waals surface area contributed by atoms with Crippen LogP contribution in [-0.4, -0.2) is 22.5 Å². The van der Waals surface area contributed by atoms with Gasteiger partial charge in [-0.1, -0.05) is 18.5 Å². The molecule has 1 heterocycles. The lowest BCUT2D eigenvalue weighted by Gasteiger charge is -2.08. The third kappa shape index (κ3) is 2.95. The zero-order chi connectivity index (χ0) is 12.1. The van der Waals surface area contributed by atoms with Gasteiger partial charge >= 0.3 is 0 Å². The minimum absolute atomic E-state index is 0.302. The highest BCUT2D eigenvalue weighted by atomic mass is 35.5. The minimum atomic E-state index is -0.936. The molecule has 0 spiro atoms. The average molecular weight is 248 g/mol. The summed E-state index contributed by atoms with van der Waals surface area (Å²) in [5.41, 5.74) is 6.97. The number of nitrogens with zero attached hydrogens (tertiary/aromatic N) is 2. The molecule has 0 bridgehead atoms. The number of hydrogen-bond donors (Lipinski definition) is 1. The summed E-state index contributed by atoms with van der Waals surface area (Å²) in [6.45, 7) is 5.04. The van der Waals surface area contributed by atoms with Gasteiger partial charge in [0.25, 0.3) is 0 Å². The van der Waals surface area contributed by atoms with Crippen LogP contribution in [0.4, 0.5) is 4.39 Å². The Labute approximate surface area is 101 Å². The van der Waals surface area contributed by atoms with Crippen molar-refractivity contribution in [2.75, 3.05) is 6.54 Å². The van der Waals surface area contributed by atoms with Gasteiger partial charge in [0.15, 0.2) is 0 Å². The molecule has 0 aliphatic heterocycles. The maximum absolute atomic E-state index is 13.5. The van der Waals surface area contributed by atoms with Crippen LogP contribution in [0.3, 0.4) is 0 Å². The molecule has 0 aliphatic rings. The van der Waals surface area contributed by atoms with E-state index in [4.69, 9.17) is 17.3 Å². The fraction of sp³-hybridized carbons (Fsp3) is 0.727. The van der Waals surface area contributed by atoms with Crippen molar-refractivity contribution >= 4 is 11.6 Å². The van der Waals surface area contributed by atoms with E-state index in [1.165, 1.54) is 0 Å². The molecule has 0 radical (unpaired) electrons. The van der Waals surface area contributed by atoms with Gasteiger partial charge in [-0.05, 0) is 26.3 Å². The molecule has 0 fully saturated rings. The van der Waals surface area contributed by atoms with E-state index in [9.17, 15) is 4.39 Å². The van der Waals surface area contributed by atoms with Crippen molar-refractivity contribution in [3.63, 3.8) is 0 Å². The molecule has 1 aromatic heterocycles. The molecule has 2 N–H and O–H groups in total. The highest BCUT2D eigenvalue weighted by Gasteiger charge is 2.17. The molecule has 5 heteroatoms. The highest BCUT2D eigenvalue weighted by molar-refractivity contribution is 6.31. The Morgan fingerprint density at radius 1 is 1.50 bits per heavy atom. The fourth-order valence-electron chi connectivity index (χ4n) is 1.71. The van der Waals surface area contributed by atoms with Crippen LogP contribution in [0.25, 0.3) is 0 Å². The second-order valence-corrected chi connectivity index (χ2v) is 4.13. The molecule has 92 valence electrons. The standard InChI is InChI=1S/C11H19ClFN3/c1-3-9-11(12)10(16(4-2)15-9)7-8(13)5-6-14/h8H,3-7,14H2,1-2H3. The van der Waals surface area contributed by atoms with Gasteiger partial charge in [0.05, 0.1) is 16.4 Å². The zero-order valence-corrected chi connectivity index (χ0v) is 10.6. The van der Waals surface area contributed by atoms with Crippen molar-refractivity contribution in [3.8, 4) is 0 Å². The Morgan fingerprint density at radius 3 is 2.69 bits per heavy atom. The van der Waals surface area contributed by atoms with Crippen LogP contribution in [-0.2, 0) is 19.4 Å². The average Bonchev–Trinajstić information content (AvgIpc) is 2.56. The topological polar surface area (TPSA) is 43.8 Å². The van der Waals surface area contributed by atoms with Crippen molar-refractivity contribution in [2.24, 2.45) is 5.73 Å². The number of alkyl halides is 1. The summed E-state index contributed by atoms with van der Waals surface area (Å²) in [5, 5.41) is 4.96. The second-order valence-electron chi connectivity index (χ2n) is 3.76. The maximum atomic E-state index is 13.5. The van der Waals surface area contributed by atoms with E-state index >= 15 is 0 Å². The molecule has 16 heavy (non-hydrogen) atoms. The van der Waals surface area contributed by atoms with Crippen LogP contribution in [0.2, 0.25) is 5.02 Å². The summed E-state index contributed by atoms with van der Waals surface area (Å²) in [6, 6.07) is 0. The number of aryl methyl sites for hydroxylation is 2. The summed E-state index contributed by atoms with van der Waals surface area (Å²) < 4.78 is 15.3. The van der Waals surface area contributed by atoms with E-state index in [1.807, 2.05) is 13.8 Å². The third-order valence-corrected chi connectivity index (χ3v) is 3.03. The van der Waals surface area contributed by atoms with E-state index in [1.54, 1.807) is 4.68 Å². The molecule has 0 aliphatic carbocycles. The summed E-state index contributed by atoms with van der Waals surface area (Å²) in [4.78, 5) is 0. The molecule has 0 saturated heterocycles. The number of nitrogens with two attached hydrogens (primary N) is 1. The SMILES string of the molecule is CCc1nn(CC)c(CC(F)CCN)c1Cl. The Morgan fingerprint density at radius 2 is 2.19 bits per heavy atom. The van der Waals surface area contributed by atoms with E-state index in [0.717, 1.165) is 17.8 Å². The zero-order valence-electron chi connectivity index (χ0n) is 9.84. The van der Waals surface area contributed by atoms with Gasteiger partial charge in [0.2, 0.25) is 0 Å². The van der Waals surface area contributed by atoms with Crippen LogP contribution in [0.15, 0.2) is 0 Å². The summed E-state index contributed by atoms with van der Waals surface area (Å²) >= 11 is 6.17. The van der Waals surface area contributed by atoms with E-state index in [-0.39, 0.29) is 0 Å². The fourth-order valence-corrected chi connectivity index (χ4v) is 2.05. The molecule has 0 aromatic carbocycles. The highest BCUT2D eigenvalue weighted by Crippen LogP contribution is 2.24. The van der Waals surface area contributed by atoms with Crippen LogP contribution in [0.1, 0.15) is 31.7 Å². The van der Waals surface area contributed by atoms with Crippen LogP contribution >= 0.6 is 11.6 Å². The minimum Gasteiger partial charge on any atom is -0.330 e. The monoisotopic (exact) mass is 247 g/mol. The van der Waals surface area contributed by atoms with Gasteiger partial charge < -0.3 is 5.73 Å². The van der Waals surface area contributed by atoms with Crippen molar-refractivity contribution in [1.82, 2.24) is 9.78 Å². The summed E-state index contributed by atoms with van der Waals surface area (Å²) in [6.07, 6.45) is 0.505. The van der Waals surface area contributed by atoms with Gasteiger partial charge in [0.1, 0.15) is 6.17 Å². The Kier molecular flexibility index (Phi) is 5.22. The van der Waals surface area contributed by atoms with Crippen LogP contribution in [0.5, 0.6) is 0 Å². The van der Waals surface area contributed by atoms with E-state index in [2.05, 4.69) is 5.10 Å². The van der Waals surface area contributed by atoms with E-state index in [0.29, 0.717) is 31.0 Å². The molecular weight excluding hydrogens is 229 g/mol. The van der Waals surface area contributed by atoms with Crippen LogP contribution < -0.4 is 5.73 Å². The molecule has 1 unspecified atom stereocenters. The number of hydrogen-bond acceptors (Lipinski definition) is 2. The van der Waals surface area contributed by atoms with Crippen molar-refractivity contribution in [2.45, 2.75) is 45.8 Å². The first kappa shape index (κ1) is 13.5. The van der Waals surface area contributed by atoms with Gasteiger partial charge in [-0.2, -0.15) is 5.10 Å². The molecule has 1 rings (SSSR count). The largest absolute Gasteiger partial charge is 0.330 e. The molecule has 1 aromatic rings. The Balaban J connectivity index is 2.88. The quantitative estimate of drug-likeness (QED) is 0.839. The molecule has 3 nitrogen and oxygen atoms in total. The smallest absolute Gasteiger partial charge is 0.107 e. The number of rotatable bonds is 6. The van der Waals surface area contributed by atoms with Crippen LogP contribution in [0, 0.1) is 0 Å². The van der Waals surface area contributed by atoms with Crippen molar-refractivity contribution < 1.29 is 4.39 Å². The number of aromatic nitrogens is 2. The van der Waals surface area contributed by atoms with Gasteiger partial charge in [-0.25, -0.2) is 4.39 Å². The molecule has 0 amide bonds. The predicted molar refractivity (Wildman–Crippen MR) is 64.6 cm³/mol. The van der Waals surface area contributed by atoms with Gasteiger partial charge in [-0.3, -0.25) is 4.68 Å². The summed E-state index contributed by atoms with van der Waals surface area (Å²) in [7, 11) is 0. The lowest BCUT2D eigenvalue weighted by molar-refractivity contribution is 0.310. The van der Waals surface area contributed by atoms with Gasteiger partial charge in [-0.15, -0.1) is 0 Å². The first-order valence-electron chi connectivity index (χ1n) is 5.72. The normalized spacial score (nSPS) is 13.1. The molecule has 1 atom stereocenters. The first-order valence-corrected chi connectivity index (χ1v) is 6.09. The Bertz CT molecular complexity index is 338.